The zero-order valence-electron chi connectivity index (χ0n) is 13.3. The first-order valence-electron chi connectivity index (χ1n) is 7.36. The lowest BCUT2D eigenvalue weighted by atomic mass is 10.1. The number of carbonyl (C=O) groups excluding carboxylic acids is 1. The maximum Gasteiger partial charge on any atom is 0.400 e. The van der Waals surface area contributed by atoms with Crippen molar-refractivity contribution in [3.05, 3.63) is 65.6 Å². The van der Waals surface area contributed by atoms with Gasteiger partial charge in [-0.3, -0.25) is 4.79 Å². The van der Waals surface area contributed by atoms with Crippen LogP contribution in [0.2, 0.25) is 0 Å². The summed E-state index contributed by atoms with van der Waals surface area (Å²) in [7, 11) is 0. The van der Waals surface area contributed by atoms with E-state index in [-0.39, 0.29) is 17.1 Å². The van der Waals surface area contributed by atoms with Gasteiger partial charge in [0.25, 0.3) is 0 Å². The van der Waals surface area contributed by atoms with Crippen molar-refractivity contribution in [2.24, 2.45) is 0 Å². The summed E-state index contributed by atoms with van der Waals surface area (Å²) in [5.74, 6) is -3.61. The average Bonchev–Trinajstić information content (AvgIpc) is 3.11. The van der Waals surface area contributed by atoms with Crippen LogP contribution >= 0.6 is 11.6 Å². The summed E-state index contributed by atoms with van der Waals surface area (Å²) in [6.45, 7) is -0.479. The Morgan fingerprint density at radius 3 is 2.44 bits per heavy atom. The third kappa shape index (κ3) is 4.43. The Morgan fingerprint density at radius 1 is 1.15 bits per heavy atom. The van der Waals surface area contributed by atoms with Crippen LogP contribution in [0.4, 0.5) is 17.6 Å². The van der Waals surface area contributed by atoms with Crippen molar-refractivity contribution >= 4 is 17.4 Å². The van der Waals surface area contributed by atoms with E-state index >= 15 is 0 Å². The number of carbonyl (C=O) groups is 1. The third-order valence-electron chi connectivity index (χ3n) is 3.39. The highest BCUT2D eigenvalue weighted by Gasteiger charge is 2.35. The highest BCUT2D eigenvalue weighted by Crippen LogP contribution is 2.32. The molecular weight excluding hydrogens is 392 g/mol. The Morgan fingerprint density at radius 2 is 1.85 bits per heavy atom. The summed E-state index contributed by atoms with van der Waals surface area (Å²) in [5, 5.41) is -0.396. The van der Waals surface area contributed by atoms with Crippen LogP contribution in [-0.2, 0) is 5.38 Å². The molecule has 0 radical (unpaired) electrons. The van der Waals surface area contributed by atoms with Gasteiger partial charge in [0.1, 0.15) is 5.82 Å². The van der Waals surface area contributed by atoms with Crippen LogP contribution in [0.3, 0.4) is 0 Å². The quantitative estimate of drug-likeness (QED) is 0.344. The molecule has 2 aromatic carbocycles. The molecule has 3 aromatic rings. The minimum atomic E-state index is -3.78. The van der Waals surface area contributed by atoms with Crippen molar-refractivity contribution in [1.29, 1.82) is 0 Å². The number of aromatic nitrogens is 2. The molecule has 0 amide bonds. The number of hydrogen-bond donors (Lipinski definition) is 0. The summed E-state index contributed by atoms with van der Waals surface area (Å²) in [6, 6.07) is 8.30. The number of hydrogen-bond acceptors (Lipinski definition) is 5. The van der Waals surface area contributed by atoms with Crippen LogP contribution < -0.4 is 4.74 Å². The van der Waals surface area contributed by atoms with E-state index in [0.717, 1.165) is 12.1 Å². The van der Waals surface area contributed by atoms with Crippen LogP contribution in [0, 0.1) is 11.6 Å². The minimum absolute atomic E-state index is 0.131. The largest absolute Gasteiger partial charge is 0.482 e. The van der Waals surface area contributed by atoms with Gasteiger partial charge in [0.15, 0.2) is 24.0 Å². The Hall–Kier alpha value is -2.94. The second kappa shape index (κ2) is 7.36. The number of nitrogens with zero attached hydrogens (tertiary/aromatic N) is 2. The Balaban J connectivity index is 1.67. The molecular formula is C17H9ClF4N2O3. The first-order chi connectivity index (χ1) is 12.7. The van der Waals surface area contributed by atoms with Gasteiger partial charge in [0.05, 0.1) is 0 Å². The van der Waals surface area contributed by atoms with Crippen molar-refractivity contribution in [2.75, 3.05) is 6.61 Å². The van der Waals surface area contributed by atoms with Gasteiger partial charge in [-0.05, 0) is 23.7 Å². The molecule has 0 aliphatic carbocycles. The van der Waals surface area contributed by atoms with Crippen LogP contribution in [0.1, 0.15) is 16.2 Å². The molecule has 3 rings (SSSR count). The van der Waals surface area contributed by atoms with Crippen molar-refractivity contribution < 1.29 is 31.6 Å². The predicted octanol–water partition coefficient (Wildman–Crippen LogP) is 4.56. The minimum Gasteiger partial charge on any atom is -0.482 e. The Labute approximate surface area is 154 Å². The molecule has 0 saturated carbocycles. The van der Waals surface area contributed by atoms with Crippen LogP contribution in [0.25, 0.3) is 11.4 Å². The fourth-order valence-corrected chi connectivity index (χ4v) is 2.16. The summed E-state index contributed by atoms with van der Waals surface area (Å²) in [6.07, 6.45) is 0. The van der Waals surface area contributed by atoms with E-state index in [1.54, 1.807) is 0 Å². The first-order valence-corrected chi connectivity index (χ1v) is 7.74. The second-order valence-electron chi connectivity index (χ2n) is 5.28. The number of Topliss-reactive ketones (excluding diaryl/α,β-unsaturated/α-hetero) is 1. The number of ether oxygens (including phenoxy) is 1. The lowest BCUT2D eigenvalue weighted by molar-refractivity contribution is 0.0551. The summed E-state index contributed by atoms with van der Waals surface area (Å²) >= 11 is 4.80. The molecule has 0 spiro atoms. The molecule has 0 saturated heterocycles. The molecule has 5 nitrogen and oxygen atoms in total. The van der Waals surface area contributed by atoms with E-state index in [9.17, 15) is 22.4 Å². The van der Waals surface area contributed by atoms with Gasteiger partial charge >= 0.3 is 11.3 Å². The molecule has 10 heteroatoms. The molecule has 27 heavy (non-hydrogen) atoms. The van der Waals surface area contributed by atoms with E-state index < -0.39 is 35.3 Å². The molecule has 1 heterocycles. The number of alkyl halides is 3. The van der Waals surface area contributed by atoms with Crippen LogP contribution in [0.5, 0.6) is 5.75 Å². The van der Waals surface area contributed by atoms with Gasteiger partial charge in [-0.1, -0.05) is 29.4 Å². The van der Waals surface area contributed by atoms with Crippen molar-refractivity contribution in [1.82, 2.24) is 10.1 Å². The Kier molecular flexibility index (Phi) is 5.13. The molecule has 0 atom stereocenters. The van der Waals surface area contributed by atoms with Gasteiger partial charge in [0, 0.05) is 17.2 Å². The topological polar surface area (TPSA) is 65.2 Å². The van der Waals surface area contributed by atoms with Gasteiger partial charge in [0.2, 0.25) is 5.82 Å². The lowest BCUT2D eigenvalue weighted by Gasteiger charge is -2.07. The van der Waals surface area contributed by atoms with Crippen molar-refractivity contribution in [3.8, 4) is 17.1 Å². The fourth-order valence-electron chi connectivity index (χ4n) is 2.08. The molecule has 0 N–H and O–H groups in total. The monoisotopic (exact) mass is 400 g/mol. The molecule has 1 aromatic heterocycles. The fraction of sp³-hybridized carbons (Fsp3) is 0.118. The maximum atomic E-state index is 13.5. The molecule has 0 aliphatic heterocycles. The highest BCUT2D eigenvalue weighted by molar-refractivity contribution is 6.21. The smallest absolute Gasteiger partial charge is 0.400 e. The zero-order chi connectivity index (χ0) is 19.6. The van der Waals surface area contributed by atoms with E-state index in [1.165, 1.54) is 24.3 Å². The third-order valence-corrected chi connectivity index (χ3v) is 3.55. The summed E-state index contributed by atoms with van der Waals surface area (Å²) in [5.41, 5.74) is 0.528. The van der Waals surface area contributed by atoms with Gasteiger partial charge in [-0.2, -0.15) is 13.8 Å². The summed E-state index contributed by atoms with van der Waals surface area (Å²) in [4.78, 5) is 15.6. The van der Waals surface area contributed by atoms with Crippen LogP contribution in [0.15, 0.2) is 47.0 Å². The molecule has 0 bridgehead atoms. The maximum absolute atomic E-state index is 13.5. The number of benzene rings is 2. The Bertz CT molecular complexity index is 971. The van der Waals surface area contributed by atoms with Gasteiger partial charge < -0.3 is 9.26 Å². The van der Waals surface area contributed by atoms with E-state index in [0.29, 0.717) is 11.6 Å². The number of rotatable bonds is 6. The van der Waals surface area contributed by atoms with E-state index in [4.69, 9.17) is 16.3 Å². The predicted molar refractivity (Wildman–Crippen MR) is 85.7 cm³/mol. The summed E-state index contributed by atoms with van der Waals surface area (Å²) < 4.78 is 61.5. The average molecular weight is 401 g/mol. The van der Waals surface area contributed by atoms with Crippen molar-refractivity contribution in [3.63, 3.8) is 0 Å². The lowest BCUT2D eigenvalue weighted by Crippen LogP contribution is -2.12. The van der Waals surface area contributed by atoms with Crippen LogP contribution in [-0.4, -0.2) is 22.5 Å². The van der Waals surface area contributed by atoms with E-state index in [2.05, 4.69) is 14.7 Å². The van der Waals surface area contributed by atoms with Gasteiger partial charge in [-0.25, -0.2) is 8.78 Å². The van der Waals surface area contributed by atoms with E-state index in [1.807, 2.05) is 0 Å². The molecule has 140 valence electrons. The number of halogens is 5. The molecule has 0 aliphatic rings. The normalized spacial score (nSPS) is 11.4. The SMILES string of the molecule is O=C(COc1ccc(F)cc1F)c1ccc(-c2noc(C(F)(F)Cl)n2)cc1. The number of ketones is 1. The second-order valence-corrected chi connectivity index (χ2v) is 5.76. The first kappa shape index (κ1) is 18.8. The molecule has 0 fully saturated rings. The van der Waals surface area contributed by atoms with Gasteiger partial charge in [-0.15, -0.1) is 0 Å². The standard InChI is InChI=1S/C17H9ClF4N2O3/c18-17(21,22)16-23-15(24-27-16)10-3-1-9(2-4-10)13(25)8-26-14-6-5-11(19)7-12(14)20/h1-7H,8H2. The highest BCUT2D eigenvalue weighted by atomic mass is 35.5. The van der Waals surface area contributed by atoms with Crippen molar-refractivity contribution in [2.45, 2.75) is 5.38 Å². The molecule has 0 unspecified atom stereocenters. The zero-order valence-corrected chi connectivity index (χ0v) is 14.0.